The van der Waals surface area contributed by atoms with Crippen molar-refractivity contribution in [3.8, 4) is 17.2 Å². The lowest BCUT2D eigenvalue weighted by molar-refractivity contribution is -0.120. The summed E-state index contributed by atoms with van der Waals surface area (Å²) in [7, 11) is 2.91. The van der Waals surface area contributed by atoms with E-state index in [2.05, 4.69) is 0 Å². The smallest absolute Gasteiger partial charge is 0.258 e. The average Bonchev–Trinajstić information content (AvgIpc) is 2.70. The van der Waals surface area contributed by atoms with Crippen LogP contribution in [-0.2, 0) is 11.2 Å². The monoisotopic (exact) mass is 384 g/mol. The first-order chi connectivity index (χ1) is 13.5. The normalized spacial score (nSPS) is 15.5. The van der Waals surface area contributed by atoms with E-state index in [0.717, 1.165) is 24.1 Å². The van der Waals surface area contributed by atoms with Crippen LogP contribution < -0.4 is 24.8 Å². The first-order valence-electron chi connectivity index (χ1n) is 9.04. The third kappa shape index (κ3) is 3.74. The molecule has 0 fully saturated rings. The van der Waals surface area contributed by atoms with Gasteiger partial charge < -0.3 is 24.8 Å². The number of hydrogen-bond acceptors (Lipinski definition) is 5. The van der Waals surface area contributed by atoms with Crippen LogP contribution in [-0.4, -0.2) is 38.7 Å². The molecule has 2 aromatic rings. The Morgan fingerprint density at radius 3 is 2.39 bits per heavy atom. The molecule has 0 saturated carbocycles. The fourth-order valence-electron chi connectivity index (χ4n) is 3.43. The molecule has 7 nitrogen and oxygen atoms in total. The zero-order chi connectivity index (χ0) is 20.3. The zero-order valence-corrected chi connectivity index (χ0v) is 16.2. The molecule has 0 bridgehead atoms. The highest BCUT2D eigenvalue weighted by Gasteiger charge is 2.30. The maximum atomic E-state index is 13.4. The standard InChI is InChI=1S/C21H24N2O5/c1-13-8-9-14-6-4-5-7-16(14)23(13)21(25)15-10-17(26-2)20(18(11-15)27-3)28-12-19(22)24/h4-7,10-11,13H,8-9,12H2,1-3H3,(H2,22,24)/t13-/m1/s1. The lowest BCUT2D eigenvalue weighted by Crippen LogP contribution is -2.42. The van der Waals surface area contributed by atoms with Gasteiger partial charge in [0.1, 0.15) is 0 Å². The van der Waals surface area contributed by atoms with Gasteiger partial charge in [0.15, 0.2) is 18.1 Å². The van der Waals surface area contributed by atoms with Crippen LogP contribution in [0.2, 0.25) is 0 Å². The van der Waals surface area contributed by atoms with Crippen molar-refractivity contribution in [2.24, 2.45) is 5.73 Å². The van der Waals surface area contributed by atoms with Gasteiger partial charge in [-0.25, -0.2) is 0 Å². The Bertz CT molecular complexity index is 871. The second-order valence-electron chi connectivity index (χ2n) is 6.66. The van der Waals surface area contributed by atoms with Crippen molar-refractivity contribution in [1.29, 1.82) is 0 Å². The summed E-state index contributed by atoms with van der Waals surface area (Å²) in [6, 6.07) is 11.2. The third-order valence-electron chi connectivity index (χ3n) is 4.81. The van der Waals surface area contributed by atoms with Gasteiger partial charge in [0.05, 0.1) is 14.2 Å². The van der Waals surface area contributed by atoms with Gasteiger partial charge in [-0.1, -0.05) is 18.2 Å². The van der Waals surface area contributed by atoms with Crippen molar-refractivity contribution >= 4 is 17.5 Å². The van der Waals surface area contributed by atoms with Crippen LogP contribution in [0.3, 0.4) is 0 Å². The molecule has 1 aliphatic rings. The molecule has 1 atom stereocenters. The average molecular weight is 384 g/mol. The van der Waals surface area contributed by atoms with E-state index in [-0.39, 0.29) is 24.3 Å². The van der Waals surface area contributed by atoms with Crippen molar-refractivity contribution in [3.63, 3.8) is 0 Å². The summed E-state index contributed by atoms with van der Waals surface area (Å²) in [5, 5.41) is 0. The van der Waals surface area contributed by atoms with Crippen molar-refractivity contribution in [2.45, 2.75) is 25.8 Å². The molecule has 7 heteroatoms. The van der Waals surface area contributed by atoms with Crippen LogP contribution in [0.15, 0.2) is 36.4 Å². The Kier molecular flexibility index (Phi) is 5.73. The number of methoxy groups -OCH3 is 2. The van der Waals surface area contributed by atoms with Gasteiger partial charge >= 0.3 is 0 Å². The van der Waals surface area contributed by atoms with E-state index >= 15 is 0 Å². The Morgan fingerprint density at radius 2 is 1.79 bits per heavy atom. The molecule has 1 aliphatic heterocycles. The number of amides is 2. The number of carbonyl (C=O) groups is 2. The second kappa shape index (κ2) is 8.21. The molecule has 0 aliphatic carbocycles. The van der Waals surface area contributed by atoms with E-state index in [1.165, 1.54) is 14.2 Å². The van der Waals surface area contributed by atoms with Crippen molar-refractivity contribution < 1.29 is 23.8 Å². The number of anilines is 1. The molecule has 0 saturated heterocycles. The van der Waals surface area contributed by atoms with Crippen LogP contribution in [0.25, 0.3) is 0 Å². The van der Waals surface area contributed by atoms with E-state index in [9.17, 15) is 9.59 Å². The van der Waals surface area contributed by atoms with Crippen molar-refractivity contribution in [2.75, 3.05) is 25.7 Å². The van der Waals surface area contributed by atoms with Gasteiger partial charge in [-0.15, -0.1) is 0 Å². The van der Waals surface area contributed by atoms with Gasteiger partial charge in [-0.2, -0.15) is 0 Å². The topological polar surface area (TPSA) is 91.1 Å². The molecule has 3 rings (SSSR count). The number of nitrogens with zero attached hydrogens (tertiary/aromatic N) is 1. The summed E-state index contributed by atoms with van der Waals surface area (Å²) in [6.45, 7) is 1.71. The van der Waals surface area contributed by atoms with Crippen LogP contribution in [0.1, 0.15) is 29.3 Å². The number of nitrogens with two attached hydrogens (primary N) is 1. The summed E-state index contributed by atoms with van der Waals surface area (Å²) >= 11 is 0. The largest absolute Gasteiger partial charge is 0.493 e. The number of aryl methyl sites for hydroxylation is 1. The zero-order valence-electron chi connectivity index (χ0n) is 16.2. The Hall–Kier alpha value is -3.22. The molecule has 2 N–H and O–H groups in total. The number of primary amides is 1. The number of ether oxygens (including phenoxy) is 3. The number of para-hydroxylation sites is 1. The summed E-state index contributed by atoms with van der Waals surface area (Å²) < 4.78 is 16.2. The van der Waals surface area contributed by atoms with Gasteiger partial charge in [-0.05, 0) is 43.5 Å². The maximum absolute atomic E-state index is 13.4. The maximum Gasteiger partial charge on any atom is 0.258 e. The molecule has 0 spiro atoms. The predicted octanol–water partition coefficient (Wildman–Crippen LogP) is 2.55. The van der Waals surface area contributed by atoms with E-state index < -0.39 is 5.91 Å². The van der Waals surface area contributed by atoms with Crippen molar-refractivity contribution in [1.82, 2.24) is 0 Å². The molecular weight excluding hydrogens is 360 g/mol. The van der Waals surface area contributed by atoms with E-state index in [1.54, 1.807) is 17.0 Å². The first kappa shape index (κ1) is 19.5. The van der Waals surface area contributed by atoms with Crippen LogP contribution in [0, 0.1) is 0 Å². The quantitative estimate of drug-likeness (QED) is 0.826. The Labute approximate surface area is 164 Å². The summed E-state index contributed by atoms with van der Waals surface area (Å²) in [5.41, 5.74) is 7.62. The highest BCUT2D eigenvalue weighted by Crippen LogP contribution is 2.40. The molecule has 0 unspecified atom stereocenters. The molecule has 0 aromatic heterocycles. The van der Waals surface area contributed by atoms with Crippen LogP contribution in [0.5, 0.6) is 17.2 Å². The Morgan fingerprint density at radius 1 is 1.14 bits per heavy atom. The number of fused-ring (bicyclic) bond motifs is 1. The summed E-state index contributed by atoms with van der Waals surface area (Å²) in [6.07, 6.45) is 1.82. The molecule has 1 heterocycles. The van der Waals surface area contributed by atoms with Gasteiger partial charge in [0.25, 0.3) is 11.8 Å². The van der Waals surface area contributed by atoms with Gasteiger partial charge in [0.2, 0.25) is 5.75 Å². The van der Waals surface area contributed by atoms with E-state index in [0.29, 0.717) is 17.1 Å². The molecule has 2 amide bonds. The SMILES string of the molecule is COc1cc(C(=O)N2c3ccccc3CC[C@H]2C)cc(OC)c1OCC(N)=O. The minimum absolute atomic E-state index is 0.0603. The van der Waals surface area contributed by atoms with Gasteiger partial charge in [0, 0.05) is 17.3 Å². The fourth-order valence-corrected chi connectivity index (χ4v) is 3.43. The van der Waals surface area contributed by atoms with E-state index in [1.807, 2.05) is 31.2 Å². The molecule has 0 radical (unpaired) electrons. The number of carbonyl (C=O) groups excluding carboxylic acids is 2. The lowest BCUT2D eigenvalue weighted by Gasteiger charge is -2.35. The van der Waals surface area contributed by atoms with Gasteiger partial charge in [-0.3, -0.25) is 9.59 Å². The second-order valence-corrected chi connectivity index (χ2v) is 6.66. The molecule has 148 valence electrons. The lowest BCUT2D eigenvalue weighted by atomic mass is 9.95. The van der Waals surface area contributed by atoms with E-state index in [4.69, 9.17) is 19.9 Å². The number of hydrogen-bond donors (Lipinski definition) is 1. The molecule has 2 aromatic carbocycles. The predicted molar refractivity (Wildman–Crippen MR) is 105 cm³/mol. The number of benzene rings is 2. The Balaban J connectivity index is 2.01. The minimum atomic E-state index is -0.622. The molecule has 28 heavy (non-hydrogen) atoms. The number of rotatable bonds is 6. The first-order valence-corrected chi connectivity index (χ1v) is 9.04. The highest BCUT2D eigenvalue weighted by molar-refractivity contribution is 6.08. The summed E-state index contributed by atoms with van der Waals surface area (Å²) in [4.78, 5) is 26.3. The summed E-state index contributed by atoms with van der Waals surface area (Å²) in [5.74, 6) is 0.0388. The minimum Gasteiger partial charge on any atom is -0.493 e. The molecular formula is C21H24N2O5. The highest BCUT2D eigenvalue weighted by atomic mass is 16.5. The third-order valence-corrected chi connectivity index (χ3v) is 4.81. The fraction of sp³-hybridized carbons (Fsp3) is 0.333. The van der Waals surface area contributed by atoms with Crippen LogP contribution >= 0.6 is 0 Å². The van der Waals surface area contributed by atoms with Crippen molar-refractivity contribution in [3.05, 3.63) is 47.5 Å². The van der Waals surface area contributed by atoms with Crippen LogP contribution in [0.4, 0.5) is 5.69 Å².